The van der Waals surface area contributed by atoms with E-state index in [4.69, 9.17) is 11.6 Å². The van der Waals surface area contributed by atoms with E-state index in [2.05, 4.69) is 17.6 Å². The summed E-state index contributed by atoms with van der Waals surface area (Å²) in [4.78, 5) is 24.5. The van der Waals surface area contributed by atoms with Gasteiger partial charge in [0.2, 0.25) is 5.91 Å². The standard InChI is InChI=1S/C20H23ClN2O2/c1-2-3-14-22-20(25)17-6-4-5-7-18(17)23-19(24)13-10-15-8-11-16(21)12-9-15/h4-9,11-12H,2-3,10,13-14H2,1H3,(H,22,25)(H,23,24). The number of rotatable bonds is 8. The lowest BCUT2D eigenvalue weighted by Gasteiger charge is -2.11. The van der Waals surface area contributed by atoms with Crippen LogP contribution >= 0.6 is 11.6 Å². The Bertz CT molecular complexity index is 714. The molecule has 0 saturated carbocycles. The summed E-state index contributed by atoms with van der Waals surface area (Å²) in [6.07, 6.45) is 2.91. The Morgan fingerprint density at radius 1 is 1.04 bits per heavy atom. The van der Waals surface area contributed by atoms with Gasteiger partial charge < -0.3 is 10.6 Å². The minimum atomic E-state index is -0.165. The van der Waals surface area contributed by atoms with Crippen molar-refractivity contribution in [1.29, 1.82) is 0 Å². The van der Waals surface area contributed by atoms with Crippen molar-refractivity contribution in [3.63, 3.8) is 0 Å². The quantitative estimate of drug-likeness (QED) is 0.685. The molecule has 2 amide bonds. The zero-order chi connectivity index (χ0) is 18.1. The number of halogens is 1. The van der Waals surface area contributed by atoms with Gasteiger partial charge in [-0.1, -0.05) is 49.2 Å². The molecule has 132 valence electrons. The average molecular weight is 359 g/mol. The van der Waals surface area contributed by atoms with Crippen LogP contribution in [0.3, 0.4) is 0 Å². The zero-order valence-electron chi connectivity index (χ0n) is 14.3. The summed E-state index contributed by atoms with van der Waals surface area (Å²) >= 11 is 5.86. The Kier molecular flexibility index (Phi) is 7.48. The predicted molar refractivity (Wildman–Crippen MR) is 102 cm³/mol. The van der Waals surface area contributed by atoms with Crippen LogP contribution < -0.4 is 10.6 Å². The van der Waals surface area contributed by atoms with Gasteiger partial charge in [0, 0.05) is 18.0 Å². The number of anilines is 1. The molecule has 0 bridgehead atoms. The molecule has 4 nitrogen and oxygen atoms in total. The summed E-state index contributed by atoms with van der Waals surface area (Å²) in [6, 6.07) is 14.5. The Morgan fingerprint density at radius 3 is 2.48 bits per heavy atom. The van der Waals surface area contributed by atoms with E-state index in [0.29, 0.717) is 35.7 Å². The van der Waals surface area contributed by atoms with Crippen LogP contribution in [0.2, 0.25) is 5.02 Å². The average Bonchev–Trinajstić information content (AvgIpc) is 2.62. The second kappa shape index (κ2) is 9.84. The van der Waals surface area contributed by atoms with Crippen molar-refractivity contribution in [2.45, 2.75) is 32.6 Å². The Morgan fingerprint density at radius 2 is 1.76 bits per heavy atom. The number of hydrogen-bond donors (Lipinski definition) is 2. The SMILES string of the molecule is CCCCNC(=O)c1ccccc1NC(=O)CCc1ccc(Cl)cc1. The minimum absolute atomic E-state index is 0.122. The lowest BCUT2D eigenvalue weighted by Crippen LogP contribution is -2.26. The Labute approximate surface area is 153 Å². The number of para-hydroxylation sites is 1. The number of amides is 2. The molecule has 0 fully saturated rings. The highest BCUT2D eigenvalue weighted by atomic mass is 35.5. The van der Waals surface area contributed by atoms with Gasteiger partial charge in [-0.2, -0.15) is 0 Å². The highest BCUT2D eigenvalue weighted by Crippen LogP contribution is 2.16. The Hall–Kier alpha value is -2.33. The van der Waals surface area contributed by atoms with E-state index < -0.39 is 0 Å². The first kappa shape index (κ1) is 19.0. The van der Waals surface area contributed by atoms with Crippen LogP contribution in [-0.4, -0.2) is 18.4 Å². The molecule has 0 aromatic heterocycles. The fourth-order valence-electron chi connectivity index (χ4n) is 2.39. The van der Waals surface area contributed by atoms with Crippen LogP contribution in [0.15, 0.2) is 48.5 Å². The molecule has 25 heavy (non-hydrogen) atoms. The third-order valence-electron chi connectivity index (χ3n) is 3.82. The highest BCUT2D eigenvalue weighted by Gasteiger charge is 2.12. The van der Waals surface area contributed by atoms with Gasteiger partial charge in [0.1, 0.15) is 0 Å². The maximum Gasteiger partial charge on any atom is 0.253 e. The van der Waals surface area contributed by atoms with Crippen LogP contribution in [0.4, 0.5) is 5.69 Å². The number of carbonyl (C=O) groups excluding carboxylic acids is 2. The van der Waals surface area contributed by atoms with Crippen molar-refractivity contribution in [3.05, 3.63) is 64.7 Å². The van der Waals surface area contributed by atoms with E-state index in [1.807, 2.05) is 24.3 Å². The molecule has 0 aliphatic carbocycles. The topological polar surface area (TPSA) is 58.2 Å². The first-order valence-electron chi connectivity index (χ1n) is 8.51. The van der Waals surface area contributed by atoms with Gasteiger partial charge >= 0.3 is 0 Å². The normalized spacial score (nSPS) is 10.3. The molecule has 0 atom stereocenters. The second-order valence-corrected chi connectivity index (χ2v) is 6.27. The van der Waals surface area contributed by atoms with E-state index >= 15 is 0 Å². The molecule has 2 aromatic rings. The number of aryl methyl sites for hydroxylation is 1. The summed E-state index contributed by atoms with van der Waals surface area (Å²) in [6.45, 7) is 2.70. The van der Waals surface area contributed by atoms with Gasteiger partial charge in [-0.25, -0.2) is 0 Å². The number of carbonyl (C=O) groups is 2. The zero-order valence-corrected chi connectivity index (χ0v) is 15.1. The fourth-order valence-corrected chi connectivity index (χ4v) is 2.51. The largest absolute Gasteiger partial charge is 0.352 e. The van der Waals surface area contributed by atoms with Crippen LogP contribution in [0, 0.1) is 0 Å². The number of unbranched alkanes of at least 4 members (excludes halogenated alkanes) is 1. The molecule has 0 saturated heterocycles. The smallest absolute Gasteiger partial charge is 0.253 e. The monoisotopic (exact) mass is 358 g/mol. The van der Waals surface area contributed by atoms with Crippen LogP contribution in [0.5, 0.6) is 0 Å². The van der Waals surface area contributed by atoms with Gasteiger partial charge in [-0.15, -0.1) is 0 Å². The molecular weight excluding hydrogens is 336 g/mol. The minimum Gasteiger partial charge on any atom is -0.352 e. The van der Waals surface area contributed by atoms with E-state index in [1.54, 1.807) is 24.3 Å². The summed E-state index contributed by atoms with van der Waals surface area (Å²) in [5, 5.41) is 6.39. The molecular formula is C20H23ClN2O2. The van der Waals surface area contributed by atoms with Gasteiger partial charge in [0.15, 0.2) is 0 Å². The van der Waals surface area contributed by atoms with E-state index in [-0.39, 0.29) is 11.8 Å². The lowest BCUT2D eigenvalue weighted by molar-refractivity contribution is -0.116. The third kappa shape index (κ3) is 6.24. The maximum absolute atomic E-state index is 12.3. The van der Waals surface area contributed by atoms with Crippen LogP contribution in [-0.2, 0) is 11.2 Å². The fraction of sp³-hybridized carbons (Fsp3) is 0.300. The molecule has 2 aromatic carbocycles. The second-order valence-electron chi connectivity index (χ2n) is 5.83. The van der Waals surface area contributed by atoms with Gasteiger partial charge in [0.05, 0.1) is 11.3 Å². The predicted octanol–water partition coefficient (Wildman–Crippen LogP) is 4.44. The molecule has 0 unspecified atom stereocenters. The van der Waals surface area contributed by atoms with Gasteiger partial charge in [0.25, 0.3) is 5.91 Å². The van der Waals surface area contributed by atoms with Gasteiger partial charge in [-0.3, -0.25) is 9.59 Å². The maximum atomic E-state index is 12.3. The number of nitrogens with one attached hydrogen (secondary N) is 2. The van der Waals surface area contributed by atoms with E-state index in [9.17, 15) is 9.59 Å². The van der Waals surface area contributed by atoms with E-state index in [1.165, 1.54) is 0 Å². The van der Waals surface area contributed by atoms with Crippen LogP contribution in [0.25, 0.3) is 0 Å². The van der Waals surface area contributed by atoms with Crippen molar-refractivity contribution >= 4 is 29.1 Å². The molecule has 0 aliphatic heterocycles. The molecule has 0 aliphatic rings. The van der Waals surface area contributed by atoms with Gasteiger partial charge in [-0.05, 0) is 42.7 Å². The van der Waals surface area contributed by atoms with E-state index in [0.717, 1.165) is 18.4 Å². The van der Waals surface area contributed by atoms with Crippen molar-refractivity contribution in [2.24, 2.45) is 0 Å². The number of hydrogen-bond acceptors (Lipinski definition) is 2. The molecule has 2 rings (SSSR count). The number of benzene rings is 2. The first-order chi connectivity index (χ1) is 12.1. The molecule has 0 heterocycles. The molecule has 5 heteroatoms. The van der Waals surface area contributed by atoms with Crippen molar-refractivity contribution in [2.75, 3.05) is 11.9 Å². The molecule has 0 spiro atoms. The summed E-state index contributed by atoms with van der Waals surface area (Å²) in [5.74, 6) is -0.286. The third-order valence-corrected chi connectivity index (χ3v) is 4.07. The van der Waals surface area contributed by atoms with Crippen LogP contribution in [0.1, 0.15) is 42.1 Å². The summed E-state index contributed by atoms with van der Waals surface area (Å²) in [5.41, 5.74) is 2.07. The van der Waals surface area contributed by atoms with Crippen molar-refractivity contribution < 1.29 is 9.59 Å². The summed E-state index contributed by atoms with van der Waals surface area (Å²) < 4.78 is 0. The first-order valence-corrected chi connectivity index (χ1v) is 8.89. The van der Waals surface area contributed by atoms with Crippen molar-refractivity contribution in [1.82, 2.24) is 5.32 Å². The lowest BCUT2D eigenvalue weighted by atomic mass is 10.1. The Balaban J connectivity index is 1.93. The van der Waals surface area contributed by atoms with Crippen molar-refractivity contribution in [3.8, 4) is 0 Å². The summed E-state index contributed by atoms with van der Waals surface area (Å²) in [7, 11) is 0. The molecule has 2 N–H and O–H groups in total. The highest BCUT2D eigenvalue weighted by molar-refractivity contribution is 6.30. The molecule has 0 radical (unpaired) electrons.